The quantitative estimate of drug-likeness (QED) is 0.487. The van der Waals surface area contributed by atoms with Gasteiger partial charge in [-0.25, -0.2) is 4.79 Å². The van der Waals surface area contributed by atoms with Crippen molar-refractivity contribution in [3.8, 4) is 0 Å². The van der Waals surface area contributed by atoms with E-state index in [0.717, 1.165) is 6.42 Å². The Morgan fingerprint density at radius 1 is 1.47 bits per heavy atom. The summed E-state index contributed by atoms with van der Waals surface area (Å²) in [5.41, 5.74) is 0. The Balaban J connectivity index is 2.59. The molecule has 86 valence electrons. The van der Waals surface area contributed by atoms with E-state index >= 15 is 0 Å². The molecule has 0 aromatic carbocycles. The van der Waals surface area contributed by atoms with Gasteiger partial charge in [-0.05, 0) is 13.3 Å². The number of morpholine rings is 1. The molecule has 0 N–H and O–H groups in total. The lowest BCUT2D eigenvalue weighted by molar-refractivity contribution is -0.164. The number of carbonyl (C=O) groups is 2. The number of hydrogen-bond donors (Lipinski definition) is 0. The molecule has 1 aliphatic rings. The molecule has 1 fully saturated rings. The number of ether oxygens (including phenoxy) is 2. The van der Waals surface area contributed by atoms with Gasteiger partial charge in [0.05, 0.1) is 25.9 Å². The fourth-order valence-corrected chi connectivity index (χ4v) is 1.57. The second-order valence-electron chi connectivity index (χ2n) is 3.36. The van der Waals surface area contributed by atoms with Crippen LogP contribution in [0.15, 0.2) is 0 Å². The van der Waals surface area contributed by atoms with Gasteiger partial charge < -0.3 is 14.4 Å². The third-order valence-electron chi connectivity index (χ3n) is 2.41. The van der Waals surface area contributed by atoms with Crippen molar-refractivity contribution in [2.24, 2.45) is 0 Å². The zero-order valence-electron chi connectivity index (χ0n) is 9.19. The SMILES string of the molecule is CCOC(=O)C(=O)N1CCOCC1CC. The van der Waals surface area contributed by atoms with Gasteiger partial charge >= 0.3 is 11.9 Å². The van der Waals surface area contributed by atoms with E-state index in [4.69, 9.17) is 4.74 Å². The van der Waals surface area contributed by atoms with Crippen LogP contribution in [-0.4, -0.2) is 49.2 Å². The molecule has 0 radical (unpaired) electrons. The summed E-state index contributed by atoms with van der Waals surface area (Å²) in [5.74, 6) is -1.31. The zero-order valence-corrected chi connectivity index (χ0v) is 9.19. The van der Waals surface area contributed by atoms with E-state index in [1.54, 1.807) is 11.8 Å². The van der Waals surface area contributed by atoms with E-state index in [9.17, 15) is 9.59 Å². The first-order valence-corrected chi connectivity index (χ1v) is 5.26. The molecule has 0 aromatic rings. The van der Waals surface area contributed by atoms with Crippen LogP contribution in [0.1, 0.15) is 20.3 Å². The molecule has 0 aromatic heterocycles. The van der Waals surface area contributed by atoms with E-state index in [-0.39, 0.29) is 12.6 Å². The summed E-state index contributed by atoms with van der Waals surface area (Å²) in [6.07, 6.45) is 0.783. The monoisotopic (exact) mass is 215 g/mol. The second kappa shape index (κ2) is 5.70. The molecule has 5 heteroatoms. The zero-order chi connectivity index (χ0) is 11.3. The Bertz CT molecular complexity index is 242. The minimum Gasteiger partial charge on any atom is -0.459 e. The maximum Gasteiger partial charge on any atom is 0.397 e. The molecular weight excluding hydrogens is 198 g/mol. The van der Waals surface area contributed by atoms with Crippen LogP contribution in [0.4, 0.5) is 0 Å². The van der Waals surface area contributed by atoms with Gasteiger partial charge in [-0.15, -0.1) is 0 Å². The van der Waals surface area contributed by atoms with Crippen molar-refractivity contribution in [1.82, 2.24) is 4.90 Å². The third kappa shape index (κ3) is 2.92. The van der Waals surface area contributed by atoms with Crippen molar-refractivity contribution >= 4 is 11.9 Å². The van der Waals surface area contributed by atoms with Crippen molar-refractivity contribution in [3.63, 3.8) is 0 Å². The Kier molecular flexibility index (Phi) is 4.55. The van der Waals surface area contributed by atoms with Crippen molar-refractivity contribution < 1.29 is 19.1 Å². The number of rotatable bonds is 2. The Labute approximate surface area is 89.3 Å². The Morgan fingerprint density at radius 3 is 2.80 bits per heavy atom. The van der Waals surface area contributed by atoms with Crippen molar-refractivity contribution in [2.75, 3.05) is 26.4 Å². The van der Waals surface area contributed by atoms with E-state index in [0.29, 0.717) is 19.8 Å². The molecule has 1 amide bonds. The lowest BCUT2D eigenvalue weighted by Gasteiger charge is -2.34. The summed E-state index contributed by atoms with van der Waals surface area (Å²) in [4.78, 5) is 24.4. The summed E-state index contributed by atoms with van der Waals surface area (Å²) < 4.78 is 9.93. The highest BCUT2D eigenvalue weighted by Crippen LogP contribution is 2.10. The predicted octanol–water partition coefficient (Wildman–Crippen LogP) is 0.187. The standard InChI is InChI=1S/C10H17NO4/c1-3-8-7-14-6-5-11(8)9(12)10(13)15-4-2/h8H,3-7H2,1-2H3. The van der Waals surface area contributed by atoms with E-state index in [1.807, 2.05) is 6.92 Å². The molecule has 15 heavy (non-hydrogen) atoms. The van der Waals surface area contributed by atoms with Crippen LogP contribution in [0.2, 0.25) is 0 Å². The summed E-state index contributed by atoms with van der Waals surface area (Å²) in [6.45, 7) is 5.33. The van der Waals surface area contributed by atoms with Gasteiger partial charge in [0, 0.05) is 6.54 Å². The van der Waals surface area contributed by atoms with Crippen LogP contribution in [0.3, 0.4) is 0 Å². The summed E-state index contributed by atoms with van der Waals surface area (Å²) in [7, 11) is 0. The smallest absolute Gasteiger partial charge is 0.397 e. The second-order valence-corrected chi connectivity index (χ2v) is 3.36. The van der Waals surface area contributed by atoms with Crippen molar-refractivity contribution in [2.45, 2.75) is 26.3 Å². The molecule has 1 saturated heterocycles. The van der Waals surface area contributed by atoms with E-state index < -0.39 is 11.9 Å². The number of nitrogens with zero attached hydrogens (tertiary/aromatic N) is 1. The van der Waals surface area contributed by atoms with Crippen molar-refractivity contribution in [3.05, 3.63) is 0 Å². The fraction of sp³-hybridized carbons (Fsp3) is 0.800. The topological polar surface area (TPSA) is 55.8 Å². The maximum absolute atomic E-state index is 11.7. The largest absolute Gasteiger partial charge is 0.459 e. The highest BCUT2D eigenvalue weighted by Gasteiger charge is 2.30. The first-order chi connectivity index (χ1) is 7.20. The molecule has 1 heterocycles. The Morgan fingerprint density at radius 2 is 2.20 bits per heavy atom. The van der Waals surface area contributed by atoms with Crippen LogP contribution in [0.25, 0.3) is 0 Å². The van der Waals surface area contributed by atoms with E-state index in [1.165, 1.54) is 0 Å². The lowest BCUT2D eigenvalue weighted by atomic mass is 10.2. The van der Waals surface area contributed by atoms with Gasteiger partial charge in [0.25, 0.3) is 0 Å². The molecule has 5 nitrogen and oxygen atoms in total. The number of carbonyl (C=O) groups excluding carboxylic acids is 2. The van der Waals surface area contributed by atoms with Gasteiger partial charge in [0.2, 0.25) is 0 Å². The minimum absolute atomic E-state index is 0.00402. The van der Waals surface area contributed by atoms with Crippen LogP contribution in [0.5, 0.6) is 0 Å². The average Bonchev–Trinajstić information content (AvgIpc) is 2.28. The van der Waals surface area contributed by atoms with Crippen LogP contribution in [-0.2, 0) is 19.1 Å². The summed E-state index contributed by atoms with van der Waals surface area (Å²) in [5, 5.41) is 0. The fourth-order valence-electron chi connectivity index (χ4n) is 1.57. The first kappa shape index (κ1) is 12.0. The van der Waals surface area contributed by atoms with Crippen LogP contribution >= 0.6 is 0 Å². The van der Waals surface area contributed by atoms with Crippen LogP contribution < -0.4 is 0 Å². The summed E-state index contributed by atoms with van der Waals surface area (Å²) in [6, 6.07) is -0.00402. The maximum atomic E-state index is 11.7. The number of hydrogen-bond acceptors (Lipinski definition) is 4. The molecule has 0 spiro atoms. The molecule has 0 aliphatic carbocycles. The minimum atomic E-state index is -0.766. The molecular formula is C10H17NO4. The molecule has 0 bridgehead atoms. The van der Waals surface area contributed by atoms with Crippen LogP contribution in [0, 0.1) is 0 Å². The third-order valence-corrected chi connectivity index (χ3v) is 2.41. The highest BCUT2D eigenvalue weighted by molar-refractivity contribution is 6.32. The average molecular weight is 215 g/mol. The lowest BCUT2D eigenvalue weighted by Crippen LogP contribution is -2.51. The number of esters is 1. The number of amides is 1. The van der Waals surface area contributed by atoms with Gasteiger partial charge in [-0.1, -0.05) is 6.92 Å². The molecule has 0 saturated carbocycles. The highest BCUT2D eigenvalue weighted by atomic mass is 16.5. The van der Waals surface area contributed by atoms with Crippen molar-refractivity contribution in [1.29, 1.82) is 0 Å². The predicted molar refractivity (Wildman–Crippen MR) is 53.2 cm³/mol. The van der Waals surface area contributed by atoms with E-state index in [2.05, 4.69) is 4.74 Å². The summed E-state index contributed by atoms with van der Waals surface area (Å²) >= 11 is 0. The van der Waals surface area contributed by atoms with Gasteiger partial charge in [-0.3, -0.25) is 4.79 Å². The molecule has 1 rings (SSSR count). The molecule has 1 aliphatic heterocycles. The normalized spacial score (nSPS) is 21.2. The van der Waals surface area contributed by atoms with Gasteiger partial charge in [-0.2, -0.15) is 0 Å². The van der Waals surface area contributed by atoms with Gasteiger partial charge in [0.1, 0.15) is 0 Å². The Hall–Kier alpha value is -1.10. The van der Waals surface area contributed by atoms with Gasteiger partial charge in [0.15, 0.2) is 0 Å². The molecule has 1 unspecified atom stereocenters. The molecule has 1 atom stereocenters. The first-order valence-electron chi connectivity index (χ1n) is 5.26.